The summed E-state index contributed by atoms with van der Waals surface area (Å²) in [5, 5.41) is 10.7. The van der Waals surface area contributed by atoms with E-state index < -0.39 is 6.01 Å². The number of aromatic hydroxyl groups is 1. The van der Waals surface area contributed by atoms with Crippen molar-refractivity contribution in [3.63, 3.8) is 0 Å². The Hall–Kier alpha value is -6.25. The molecule has 1 atom stereocenters. The highest BCUT2D eigenvalue weighted by Crippen LogP contribution is 2.42. The summed E-state index contributed by atoms with van der Waals surface area (Å²) in [5.41, 5.74) is 6.79. The van der Waals surface area contributed by atoms with Gasteiger partial charge in [-0.2, -0.15) is 0 Å². The Labute approximate surface area is 317 Å². The van der Waals surface area contributed by atoms with Crippen molar-refractivity contribution in [1.82, 2.24) is 33.9 Å². The number of hydrogen-bond acceptors (Lipinski definition) is 10. The maximum absolute atomic E-state index is 15.1. The number of fused-ring (bicyclic) bond motifs is 3. The Morgan fingerprint density at radius 3 is 2.40 bits per heavy atom. The molecular formula is C41H40N8O6. The second-order valence-electron chi connectivity index (χ2n) is 14.2. The highest BCUT2D eigenvalue weighted by molar-refractivity contribution is 6.13. The molecule has 4 aromatic heterocycles. The molecule has 6 aromatic rings. The predicted octanol–water partition coefficient (Wildman–Crippen LogP) is 4.99. The molecular weight excluding hydrogens is 701 g/mol. The molecule has 14 heteroatoms. The lowest BCUT2D eigenvalue weighted by Crippen LogP contribution is -2.52. The van der Waals surface area contributed by atoms with Crippen LogP contribution < -0.4 is 14.4 Å². The van der Waals surface area contributed by atoms with Crippen LogP contribution in [0.15, 0.2) is 79.4 Å². The number of carbonyl (C=O) groups excluding carboxylic acids is 2. The first-order valence-corrected chi connectivity index (χ1v) is 18.3. The zero-order valence-electron chi connectivity index (χ0n) is 30.8. The van der Waals surface area contributed by atoms with Gasteiger partial charge >= 0.3 is 6.01 Å². The summed E-state index contributed by atoms with van der Waals surface area (Å²) < 4.78 is 21.1. The molecule has 2 amide bonds. The second-order valence-corrected chi connectivity index (χ2v) is 14.2. The number of ether oxygens (including phenoxy) is 3. The summed E-state index contributed by atoms with van der Waals surface area (Å²) in [5.74, 6) is 0.534. The summed E-state index contributed by atoms with van der Waals surface area (Å²) >= 11 is 0. The van der Waals surface area contributed by atoms with Crippen molar-refractivity contribution in [2.45, 2.75) is 25.9 Å². The van der Waals surface area contributed by atoms with Gasteiger partial charge in [0.2, 0.25) is 6.79 Å². The Kier molecular flexibility index (Phi) is 8.70. The lowest BCUT2D eigenvalue weighted by Gasteiger charge is -2.40. The van der Waals surface area contributed by atoms with Crippen molar-refractivity contribution in [3.8, 4) is 28.8 Å². The quantitative estimate of drug-likeness (QED) is 0.238. The molecule has 0 radical (unpaired) electrons. The average Bonchev–Trinajstić information content (AvgIpc) is 3.91. The van der Waals surface area contributed by atoms with Crippen LogP contribution in [0.2, 0.25) is 0 Å². The van der Waals surface area contributed by atoms with Crippen LogP contribution in [0.4, 0.5) is 11.4 Å². The van der Waals surface area contributed by atoms with Gasteiger partial charge in [0.15, 0.2) is 11.5 Å². The zero-order valence-corrected chi connectivity index (χ0v) is 30.8. The van der Waals surface area contributed by atoms with E-state index in [9.17, 15) is 9.90 Å². The van der Waals surface area contributed by atoms with E-state index in [1.54, 1.807) is 12.3 Å². The number of carbonyl (C=O) groups is 2. The zero-order chi connectivity index (χ0) is 37.8. The fraction of sp³-hybridized carbons (Fsp3) is 0.293. The van der Waals surface area contributed by atoms with Crippen molar-refractivity contribution in [1.29, 1.82) is 0 Å². The smallest absolute Gasteiger partial charge is 0.313 e. The summed E-state index contributed by atoms with van der Waals surface area (Å²) in [6, 6.07) is 17.1. The van der Waals surface area contributed by atoms with Crippen molar-refractivity contribution in [3.05, 3.63) is 107 Å². The number of rotatable bonds is 7. The fourth-order valence-corrected chi connectivity index (χ4v) is 7.93. The number of morpholine rings is 1. The van der Waals surface area contributed by atoms with Crippen LogP contribution in [-0.4, -0.2) is 96.5 Å². The molecule has 0 bridgehead atoms. The molecule has 3 aliphatic rings. The molecule has 0 aliphatic carbocycles. The molecule has 14 nitrogen and oxygen atoms in total. The van der Waals surface area contributed by atoms with Gasteiger partial charge in [-0.15, -0.1) is 0 Å². The summed E-state index contributed by atoms with van der Waals surface area (Å²) in [6.45, 7) is 6.09. The third-order valence-corrected chi connectivity index (χ3v) is 11.0. The monoisotopic (exact) mass is 740 g/mol. The largest absolute Gasteiger partial charge is 0.479 e. The molecule has 3 aliphatic heterocycles. The molecule has 1 N–H and O–H groups in total. The molecule has 1 saturated heterocycles. The highest BCUT2D eigenvalue weighted by atomic mass is 16.7. The number of pyridine rings is 1. The standard InChI is InChI=1S/C41H40N8O6/c1-25-32(40(51)49(31-20-43-41(52)44-21-31)29-15-27-8-9-45(2)38(27)42-19-29)16-35(46(25)3)33-17-36-37(55-24-54-36)18-34(33)39(50)48-22-28-7-5-4-6-26(28)14-30(48)23-47-10-12-53-13-11-47/h4-9,15-21,30H,10-14,22-24H2,1-3H3,(H,43,44,52)/t30-/m0/s1. The molecule has 0 saturated carbocycles. The van der Waals surface area contributed by atoms with Crippen LogP contribution >= 0.6 is 0 Å². The Bertz CT molecular complexity index is 2450. The van der Waals surface area contributed by atoms with E-state index in [0.717, 1.165) is 42.7 Å². The molecule has 9 rings (SSSR count). The van der Waals surface area contributed by atoms with E-state index >= 15 is 4.79 Å². The van der Waals surface area contributed by atoms with Crippen LogP contribution in [0.3, 0.4) is 0 Å². The number of amides is 2. The van der Waals surface area contributed by atoms with Gasteiger partial charge in [0.1, 0.15) is 5.65 Å². The van der Waals surface area contributed by atoms with Gasteiger partial charge in [0.05, 0.1) is 54.3 Å². The number of nitrogens with zero attached hydrogens (tertiary/aromatic N) is 8. The van der Waals surface area contributed by atoms with Gasteiger partial charge in [0, 0.05) is 74.9 Å². The van der Waals surface area contributed by atoms with E-state index in [1.807, 2.05) is 71.6 Å². The Balaban J connectivity index is 1.13. The van der Waals surface area contributed by atoms with Gasteiger partial charge in [-0.3, -0.25) is 19.4 Å². The first-order chi connectivity index (χ1) is 26.7. The minimum absolute atomic E-state index is 0.0442. The van der Waals surface area contributed by atoms with Gasteiger partial charge < -0.3 is 33.4 Å². The van der Waals surface area contributed by atoms with Crippen LogP contribution in [0, 0.1) is 6.92 Å². The Morgan fingerprint density at radius 2 is 1.62 bits per heavy atom. The van der Waals surface area contributed by atoms with Crippen molar-refractivity contribution in [2.24, 2.45) is 14.1 Å². The van der Waals surface area contributed by atoms with Gasteiger partial charge in [-0.25, -0.2) is 15.0 Å². The Morgan fingerprint density at radius 1 is 0.891 bits per heavy atom. The summed E-state index contributed by atoms with van der Waals surface area (Å²) in [6.07, 6.45) is 7.07. The van der Waals surface area contributed by atoms with Gasteiger partial charge in [-0.1, -0.05) is 24.3 Å². The number of aromatic nitrogens is 5. The molecule has 2 aromatic carbocycles. The second kappa shape index (κ2) is 13.9. The van der Waals surface area contributed by atoms with E-state index in [2.05, 4.69) is 38.1 Å². The van der Waals surface area contributed by atoms with E-state index in [-0.39, 0.29) is 24.6 Å². The van der Waals surface area contributed by atoms with E-state index in [4.69, 9.17) is 14.2 Å². The summed E-state index contributed by atoms with van der Waals surface area (Å²) in [4.78, 5) is 48.3. The van der Waals surface area contributed by atoms with Crippen molar-refractivity contribution in [2.75, 3.05) is 44.5 Å². The SMILES string of the molecule is Cc1c(C(=O)N(c2cnc(O)nc2)c2cnc3c(ccn3C)c2)cc(-c2cc3c(cc2C(=O)N2Cc4ccccc4C[C@H]2CN2CCOCC2)OCO3)n1C. The molecule has 55 heavy (non-hydrogen) atoms. The lowest BCUT2D eigenvalue weighted by atomic mass is 9.92. The number of benzene rings is 2. The minimum atomic E-state index is -0.407. The summed E-state index contributed by atoms with van der Waals surface area (Å²) in [7, 11) is 3.79. The molecule has 280 valence electrons. The molecule has 0 unspecified atom stereocenters. The highest BCUT2D eigenvalue weighted by Gasteiger charge is 2.35. The minimum Gasteiger partial charge on any atom is -0.479 e. The maximum Gasteiger partial charge on any atom is 0.313 e. The molecule has 0 spiro atoms. The lowest BCUT2D eigenvalue weighted by molar-refractivity contribution is 0.0193. The van der Waals surface area contributed by atoms with Crippen LogP contribution in [-0.2, 0) is 31.8 Å². The average molecular weight is 741 g/mol. The van der Waals surface area contributed by atoms with Crippen LogP contribution in [0.1, 0.15) is 37.5 Å². The maximum atomic E-state index is 15.1. The van der Waals surface area contributed by atoms with Crippen molar-refractivity contribution >= 4 is 34.2 Å². The van der Waals surface area contributed by atoms with Crippen LogP contribution in [0.5, 0.6) is 17.5 Å². The molecule has 7 heterocycles. The predicted molar refractivity (Wildman–Crippen MR) is 204 cm³/mol. The van der Waals surface area contributed by atoms with E-state index in [0.29, 0.717) is 70.7 Å². The number of anilines is 2. The van der Waals surface area contributed by atoms with Gasteiger partial charge in [-0.05, 0) is 54.8 Å². The third kappa shape index (κ3) is 6.22. The van der Waals surface area contributed by atoms with Crippen molar-refractivity contribution < 1.29 is 28.9 Å². The first-order valence-electron chi connectivity index (χ1n) is 18.3. The number of aryl methyl sites for hydroxylation is 1. The van der Waals surface area contributed by atoms with Gasteiger partial charge in [0.25, 0.3) is 11.8 Å². The molecule has 1 fully saturated rings. The topological polar surface area (TPSA) is 140 Å². The fourth-order valence-electron chi connectivity index (χ4n) is 7.93. The van der Waals surface area contributed by atoms with E-state index in [1.165, 1.54) is 22.9 Å². The number of hydrogen-bond donors (Lipinski definition) is 1. The first kappa shape index (κ1) is 34.5. The third-order valence-electron chi connectivity index (χ3n) is 11.0. The van der Waals surface area contributed by atoms with Crippen LogP contribution in [0.25, 0.3) is 22.3 Å². The normalized spacial score (nSPS) is 16.7.